The Kier molecular flexibility index (Phi) is 3.53. The summed E-state index contributed by atoms with van der Waals surface area (Å²) in [6.45, 7) is 1.90. The lowest BCUT2D eigenvalue weighted by atomic mass is 10.1. The summed E-state index contributed by atoms with van der Waals surface area (Å²) in [6.07, 6.45) is 1.67. The molecule has 0 atom stereocenters. The van der Waals surface area contributed by atoms with Crippen molar-refractivity contribution in [3.05, 3.63) is 53.6 Å². The number of nitrogens with one attached hydrogen (secondary N) is 1. The smallest absolute Gasteiger partial charge is 0.135 e. The molecule has 0 aliphatic rings. The monoisotopic (exact) mass is 261 g/mol. The summed E-state index contributed by atoms with van der Waals surface area (Å²) in [5.41, 5.74) is 7.94. The topological polar surface area (TPSA) is 50.9 Å². The highest BCUT2D eigenvalue weighted by Gasteiger charge is 2.11. The minimum absolute atomic E-state index is 0.0238. The molecule has 5 heteroatoms. The van der Waals surface area contributed by atoms with Crippen LogP contribution in [0.1, 0.15) is 11.3 Å². The van der Waals surface area contributed by atoms with Gasteiger partial charge in [-0.3, -0.25) is 4.98 Å². The van der Waals surface area contributed by atoms with E-state index >= 15 is 0 Å². The van der Waals surface area contributed by atoms with E-state index in [1.807, 2.05) is 19.1 Å². The summed E-state index contributed by atoms with van der Waals surface area (Å²) in [5, 5.41) is 3.05. The minimum atomic E-state index is -0.437. The number of halogens is 1. The molecule has 1 heterocycles. The second-order valence-electron chi connectivity index (χ2n) is 3.84. The highest BCUT2D eigenvalue weighted by atomic mass is 32.1. The quantitative estimate of drug-likeness (QED) is 0.834. The van der Waals surface area contributed by atoms with Crippen LogP contribution in [0.3, 0.4) is 0 Å². The molecule has 0 aliphatic carbocycles. The molecule has 0 fully saturated rings. The molecule has 1 aromatic carbocycles. The Morgan fingerprint density at radius 1 is 1.33 bits per heavy atom. The van der Waals surface area contributed by atoms with E-state index in [9.17, 15) is 4.39 Å². The zero-order chi connectivity index (χ0) is 13.1. The highest BCUT2D eigenvalue weighted by molar-refractivity contribution is 7.80. The van der Waals surface area contributed by atoms with Gasteiger partial charge >= 0.3 is 0 Å². The summed E-state index contributed by atoms with van der Waals surface area (Å²) in [6, 6.07) is 8.37. The van der Waals surface area contributed by atoms with Crippen LogP contribution in [-0.4, -0.2) is 9.97 Å². The average Bonchev–Trinajstić information content (AvgIpc) is 2.32. The molecular formula is C13H12FN3S. The Morgan fingerprint density at radius 2 is 2.11 bits per heavy atom. The first-order valence-corrected chi connectivity index (χ1v) is 5.77. The van der Waals surface area contributed by atoms with Gasteiger partial charge in [0.2, 0.25) is 0 Å². The van der Waals surface area contributed by atoms with Crippen LogP contribution in [0.5, 0.6) is 0 Å². The van der Waals surface area contributed by atoms with Crippen molar-refractivity contribution in [3.8, 4) is 0 Å². The third-order valence-electron chi connectivity index (χ3n) is 2.45. The second-order valence-corrected chi connectivity index (χ2v) is 4.28. The van der Waals surface area contributed by atoms with Crippen LogP contribution in [0.2, 0.25) is 0 Å². The number of rotatable bonds is 3. The van der Waals surface area contributed by atoms with Crippen molar-refractivity contribution in [1.29, 1.82) is 0 Å². The van der Waals surface area contributed by atoms with Gasteiger partial charge in [-0.1, -0.05) is 18.3 Å². The molecule has 0 spiro atoms. The van der Waals surface area contributed by atoms with Gasteiger partial charge in [-0.25, -0.2) is 4.39 Å². The first kappa shape index (κ1) is 12.4. The molecule has 2 rings (SSSR count). The van der Waals surface area contributed by atoms with Gasteiger partial charge in [0.25, 0.3) is 0 Å². The molecule has 0 aliphatic heterocycles. The van der Waals surface area contributed by atoms with Gasteiger partial charge < -0.3 is 11.1 Å². The van der Waals surface area contributed by atoms with E-state index in [-0.39, 0.29) is 10.6 Å². The lowest BCUT2D eigenvalue weighted by Gasteiger charge is -2.11. The highest BCUT2D eigenvalue weighted by Crippen LogP contribution is 2.22. The summed E-state index contributed by atoms with van der Waals surface area (Å²) in [7, 11) is 0. The minimum Gasteiger partial charge on any atom is -0.389 e. The Balaban J connectivity index is 2.37. The number of nitrogens with zero attached hydrogens (tertiary/aromatic N) is 1. The fourth-order valence-electron chi connectivity index (χ4n) is 1.58. The Labute approximate surface area is 110 Å². The van der Waals surface area contributed by atoms with E-state index in [1.54, 1.807) is 18.3 Å². The summed E-state index contributed by atoms with van der Waals surface area (Å²) < 4.78 is 13.6. The summed E-state index contributed by atoms with van der Waals surface area (Å²) >= 11 is 4.86. The summed E-state index contributed by atoms with van der Waals surface area (Å²) in [5.74, 6) is -0.437. The first-order valence-electron chi connectivity index (χ1n) is 5.36. The molecule has 3 N–H and O–H groups in total. The lowest BCUT2D eigenvalue weighted by molar-refractivity contribution is 0.626. The number of aryl methyl sites for hydroxylation is 1. The normalized spacial score (nSPS) is 10.1. The number of thiocarbonyl (C=S) groups is 1. The average molecular weight is 261 g/mol. The van der Waals surface area contributed by atoms with E-state index in [2.05, 4.69) is 10.3 Å². The molecule has 1 aromatic heterocycles. The molecule has 0 unspecified atom stereocenters. The number of hydrogen-bond acceptors (Lipinski definition) is 3. The molecule has 0 amide bonds. The second kappa shape index (κ2) is 5.10. The van der Waals surface area contributed by atoms with Crippen molar-refractivity contribution in [2.24, 2.45) is 5.73 Å². The van der Waals surface area contributed by atoms with Gasteiger partial charge in [0.1, 0.15) is 10.8 Å². The van der Waals surface area contributed by atoms with Gasteiger partial charge in [0.05, 0.1) is 23.1 Å². The maximum Gasteiger partial charge on any atom is 0.135 e. The number of pyridine rings is 1. The van der Waals surface area contributed by atoms with Gasteiger partial charge in [0.15, 0.2) is 0 Å². The largest absolute Gasteiger partial charge is 0.389 e. The van der Waals surface area contributed by atoms with Crippen LogP contribution >= 0.6 is 12.2 Å². The molecule has 0 radical (unpaired) electrons. The van der Waals surface area contributed by atoms with Crippen LogP contribution in [0.15, 0.2) is 36.5 Å². The van der Waals surface area contributed by atoms with E-state index in [0.717, 1.165) is 11.4 Å². The van der Waals surface area contributed by atoms with Crippen LogP contribution in [-0.2, 0) is 0 Å². The fraction of sp³-hybridized carbons (Fsp3) is 0.0769. The third-order valence-corrected chi connectivity index (χ3v) is 2.65. The van der Waals surface area contributed by atoms with Gasteiger partial charge in [0, 0.05) is 5.69 Å². The molecule has 0 saturated heterocycles. The predicted molar refractivity (Wildman–Crippen MR) is 74.5 cm³/mol. The Bertz CT molecular complexity index is 581. The standard InChI is InChI=1S/C13H12FN3S/c1-8-5-6-9(7-16-8)17-11-4-2-3-10(14)12(11)13(15)18/h2-7,17H,1H3,(H2,15,18). The van der Waals surface area contributed by atoms with Crippen LogP contribution < -0.4 is 11.1 Å². The number of benzene rings is 1. The van der Waals surface area contributed by atoms with E-state index < -0.39 is 5.82 Å². The van der Waals surface area contributed by atoms with Crippen LogP contribution in [0.25, 0.3) is 0 Å². The predicted octanol–water partition coefficient (Wildman–Crippen LogP) is 2.91. The molecule has 3 nitrogen and oxygen atoms in total. The SMILES string of the molecule is Cc1ccc(Nc2cccc(F)c2C(N)=S)cn1. The van der Waals surface area contributed by atoms with E-state index in [4.69, 9.17) is 18.0 Å². The number of anilines is 2. The first-order chi connectivity index (χ1) is 8.58. The molecule has 18 heavy (non-hydrogen) atoms. The van der Waals surface area contributed by atoms with E-state index in [1.165, 1.54) is 6.07 Å². The van der Waals surface area contributed by atoms with Crippen molar-refractivity contribution < 1.29 is 4.39 Å². The van der Waals surface area contributed by atoms with Crippen molar-refractivity contribution in [3.63, 3.8) is 0 Å². The molecule has 0 bridgehead atoms. The Morgan fingerprint density at radius 3 is 2.72 bits per heavy atom. The van der Waals surface area contributed by atoms with Gasteiger partial charge in [-0.2, -0.15) is 0 Å². The number of aromatic nitrogens is 1. The van der Waals surface area contributed by atoms with Crippen molar-refractivity contribution in [2.45, 2.75) is 6.92 Å². The molecule has 2 aromatic rings. The van der Waals surface area contributed by atoms with Gasteiger partial charge in [-0.05, 0) is 31.2 Å². The third kappa shape index (κ3) is 2.62. The number of nitrogens with two attached hydrogens (primary N) is 1. The maximum atomic E-state index is 13.6. The molecule has 0 saturated carbocycles. The van der Waals surface area contributed by atoms with Crippen LogP contribution in [0.4, 0.5) is 15.8 Å². The molecule has 92 valence electrons. The lowest BCUT2D eigenvalue weighted by Crippen LogP contribution is -2.14. The van der Waals surface area contributed by atoms with Gasteiger partial charge in [-0.15, -0.1) is 0 Å². The zero-order valence-corrected chi connectivity index (χ0v) is 10.6. The van der Waals surface area contributed by atoms with Crippen LogP contribution in [0, 0.1) is 12.7 Å². The molecular weight excluding hydrogens is 249 g/mol. The van der Waals surface area contributed by atoms with Crippen molar-refractivity contribution >= 4 is 28.6 Å². The zero-order valence-electron chi connectivity index (χ0n) is 9.77. The van der Waals surface area contributed by atoms with E-state index in [0.29, 0.717) is 5.69 Å². The summed E-state index contributed by atoms with van der Waals surface area (Å²) in [4.78, 5) is 4.18. The fourth-order valence-corrected chi connectivity index (χ4v) is 1.78. The Hall–Kier alpha value is -2.01. The van der Waals surface area contributed by atoms with Crippen molar-refractivity contribution in [2.75, 3.05) is 5.32 Å². The van der Waals surface area contributed by atoms with Crippen molar-refractivity contribution in [1.82, 2.24) is 4.98 Å². The maximum absolute atomic E-state index is 13.6. The number of hydrogen-bond donors (Lipinski definition) is 2.